The Labute approximate surface area is 178 Å². The van der Waals surface area contributed by atoms with Crippen LogP contribution in [0.15, 0.2) is 51.9 Å². The summed E-state index contributed by atoms with van der Waals surface area (Å²) in [6, 6.07) is 13.1. The van der Waals surface area contributed by atoms with Gasteiger partial charge >= 0.3 is 0 Å². The van der Waals surface area contributed by atoms with Gasteiger partial charge in [0.2, 0.25) is 5.91 Å². The van der Waals surface area contributed by atoms with Gasteiger partial charge in [-0.3, -0.25) is 9.79 Å². The molecule has 0 aliphatic heterocycles. The van der Waals surface area contributed by atoms with Crippen molar-refractivity contribution < 1.29 is 9.53 Å². The van der Waals surface area contributed by atoms with Gasteiger partial charge in [0.25, 0.3) is 0 Å². The van der Waals surface area contributed by atoms with E-state index in [1.807, 2.05) is 49.4 Å². The number of nitrogens with two attached hydrogens (primary N) is 1. The summed E-state index contributed by atoms with van der Waals surface area (Å²) in [6.07, 6.45) is 0.247. The predicted molar refractivity (Wildman–Crippen MR) is 121 cm³/mol. The average Bonchev–Trinajstić information content (AvgIpc) is 2.59. The standard InChI is InChI=1S/C18H21BrN4O2.HI/c1-12-3-4-13(19)11-16(12)23-17(24)9-10-21-18(20)22-14-5-7-15(25-2)8-6-14;/h3-8,11H,9-10H2,1-2H3,(H,23,24)(H3,20,21,22);1H. The number of rotatable bonds is 6. The number of carbonyl (C=O) groups is 1. The maximum absolute atomic E-state index is 12.0. The fraction of sp³-hybridized carbons (Fsp3) is 0.222. The number of nitrogens with one attached hydrogen (secondary N) is 2. The zero-order chi connectivity index (χ0) is 18.2. The van der Waals surface area contributed by atoms with E-state index in [4.69, 9.17) is 10.5 Å². The van der Waals surface area contributed by atoms with Crippen molar-refractivity contribution >= 4 is 63.1 Å². The van der Waals surface area contributed by atoms with Gasteiger partial charge in [0.15, 0.2) is 5.96 Å². The van der Waals surface area contributed by atoms with Gasteiger partial charge in [-0.25, -0.2) is 0 Å². The predicted octanol–water partition coefficient (Wildman–Crippen LogP) is 4.14. The van der Waals surface area contributed by atoms with Gasteiger partial charge < -0.3 is 21.1 Å². The third-order valence-electron chi connectivity index (χ3n) is 3.46. The van der Waals surface area contributed by atoms with Crippen LogP contribution in [0.4, 0.5) is 11.4 Å². The maximum Gasteiger partial charge on any atom is 0.226 e. The number of hydrogen-bond acceptors (Lipinski definition) is 3. The topological polar surface area (TPSA) is 88.7 Å². The van der Waals surface area contributed by atoms with E-state index in [-0.39, 0.29) is 42.3 Å². The van der Waals surface area contributed by atoms with Crippen molar-refractivity contribution in [3.8, 4) is 5.75 Å². The van der Waals surface area contributed by atoms with Crippen molar-refractivity contribution in [2.75, 3.05) is 24.3 Å². The van der Waals surface area contributed by atoms with Crippen LogP contribution in [0.1, 0.15) is 12.0 Å². The third kappa shape index (κ3) is 7.20. The molecule has 0 aromatic heterocycles. The molecule has 26 heavy (non-hydrogen) atoms. The van der Waals surface area contributed by atoms with Crippen LogP contribution in [-0.2, 0) is 4.79 Å². The maximum atomic E-state index is 12.0. The average molecular weight is 533 g/mol. The fourth-order valence-electron chi connectivity index (χ4n) is 2.08. The lowest BCUT2D eigenvalue weighted by molar-refractivity contribution is -0.116. The van der Waals surface area contributed by atoms with Gasteiger partial charge in [0.05, 0.1) is 13.7 Å². The number of halogens is 2. The van der Waals surface area contributed by atoms with E-state index in [2.05, 4.69) is 31.6 Å². The molecular weight excluding hydrogens is 511 g/mol. The number of carbonyl (C=O) groups excluding carboxylic acids is 1. The van der Waals surface area contributed by atoms with Crippen molar-refractivity contribution in [3.63, 3.8) is 0 Å². The van der Waals surface area contributed by atoms with Gasteiger partial charge in [-0.1, -0.05) is 22.0 Å². The van der Waals surface area contributed by atoms with Gasteiger partial charge in [0, 0.05) is 22.3 Å². The molecule has 0 saturated heterocycles. The molecule has 4 N–H and O–H groups in total. The first-order valence-electron chi connectivity index (χ1n) is 7.75. The largest absolute Gasteiger partial charge is 0.497 e. The van der Waals surface area contributed by atoms with Crippen molar-refractivity contribution in [3.05, 3.63) is 52.5 Å². The summed E-state index contributed by atoms with van der Waals surface area (Å²) in [4.78, 5) is 16.2. The molecule has 0 fully saturated rings. The minimum atomic E-state index is -0.109. The molecule has 0 atom stereocenters. The van der Waals surface area contributed by atoms with Crippen LogP contribution in [0.2, 0.25) is 0 Å². The monoisotopic (exact) mass is 532 g/mol. The second-order valence-electron chi connectivity index (χ2n) is 5.38. The highest BCUT2D eigenvalue weighted by Crippen LogP contribution is 2.20. The Kier molecular flexibility index (Phi) is 9.42. The number of guanidine groups is 1. The van der Waals surface area contributed by atoms with E-state index in [1.54, 1.807) is 7.11 Å². The highest BCUT2D eigenvalue weighted by atomic mass is 127. The van der Waals surface area contributed by atoms with Crippen LogP contribution in [0.25, 0.3) is 0 Å². The van der Waals surface area contributed by atoms with E-state index in [0.29, 0.717) is 6.54 Å². The number of nitrogens with zero attached hydrogens (tertiary/aromatic N) is 1. The van der Waals surface area contributed by atoms with Crippen LogP contribution >= 0.6 is 39.9 Å². The number of anilines is 2. The van der Waals surface area contributed by atoms with E-state index in [1.165, 1.54) is 0 Å². The fourth-order valence-corrected chi connectivity index (χ4v) is 2.44. The quantitative estimate of drug-likeness (QED) is 0.296. The molecule has 6 nitrogen and oxygen atoms in total. The Morgan fingerprint density at radius 1 is 1.19 bits per heavy atom. The number of hydrogen-bond donors (Lipinski definition) is 3. The van der Waals surface area contributed by atoms with Gasteiger partial charge in [-0.15, -0.1) is 24.0 Å². The lowest BCUT2D eigenvalue weighted by Crippen LogP contribution is -2.23. The van der Waals surface area contributed by atoms with E-state index >= 15 is 0 Å². The molecule has 0 heterocycles. The van der Waals surface area contributed by atoms with E-state index < -0.39 is 0 Å². The number of aryl methyl sites for hydroxylation is 1. The van der Waals surface area contributed by atoms with Crippen LogP contribution in [0.5, 0.6) is 5.75 Å². The minimum absolute atomic E-state index is 0. The second kappa shape index (κ2) is 11.0. The summed E-state index contributed by atoms with van der Waals surface area (Å²) in [6.45, 7) is 2.24. The van der Waals surface area contributed by atoms with Crippen molar-refractivity contribution in [2.24, 2.45) is 10.7 Å². The van der Waals surface area contributed by atoms with E-state index in [0.717, 1.165) is 27.2 Å². The van der Waals surface area contributed by atoms with E-state index in [9.17, 15) is 4.79 Å². The zero-order valence-corrected chi connectivity index (χ0v) is 18.5. The molecule has 0 bridgehead atoms. The molecule has 0 unspecified atom stereocenters. The Hall–Kier alpha value is -1.81. The first-order valence-corrected chi connectivity index (χ1v) is 8.54. The highest BCUT2D eigenvalue weighted by Gasteiger charge is 2.05. The molecule has 2 aromatic carbocycles. The SMILES string of the molecule is COc1ccc(NC(N)=NCCC(=O)Nc2cc(Br)ccc2C)cc1.I. The van der Waals surface area contributed by atoms with Crippen molar-refractivity contribution in [1.82, 2.24) is 0 Å². The lowest BCUT2D eigenvalue weighted by atomic mass is 10.2. The molecule has 0 aliphatic rings. The smallest absolute Gasteiger partial charge is 0.226 e. The molecule has 0 saturated carbocycles. The number of methoxy groups -OCH3 is 1. The summed E-state index contributed by atoms with van der Waals surface area (Å²) < 4.78 is 6.01. The number of aliphatic imine (C=N–C) groups is 1. The summed E-state index contributed by atoms with van der Waals surface area (Å²) in [5, 5.41) is 5.84. The highest BCUT2D eigenvalue weighted by molar-refractivity contribution is 14.0. The first-order chi connectivity index (χ1) is 12.0. The van der Waals surface area contributed by atoms with Crippen LogP contribution < -0.4 is 21.1 Å². The molecule has 2 rings (SSSR count). The minimum Gasteiger partial charge on any atom is -0.497 e. The Morgan fingerprint density at radius 3 is 2.54 bits per heavy atom. The first kappa shape index (κ1) is 22.2. The number of benzene rings is 2. The summed E-state index contributed by atoms with van der Waals surface area (Å²) >= 11 is 3.39. The number of amides is 1. The molecule has 140 valence electrons. The Morgan fingerprint density at radius 2 is 1.88 bits per heavy atom. The molecule has 8 heteroatoms. The van der Waals surface area contributed by atoms with Gasteiger partial charge in [0.1, 0.15) is 5.75 Å². The lowest BCUT2D eigenvalue weighted by Gasteiger charge is -2.09. The summed E-state index contributed by atoms with van der Waals surface area (Å²) in [7, 11) is 1.61. The normalized spacial score (nSPS) is 10.7. The summed E-state index contributed by atoms with van der Waals surface area (Å²) in [5.74, 6) is 0.916. The molecular formula is C18H22BrIN4O2. The van der Waals surface area contributed by atoms with Crippen LogP contribution in [0, 0.1) is 6.92 Å². The molecule has 0 spiro atoms. The zero-order valence-electron chi connectivity index (χ0n) is 14.6. The summed E-state index contributed by atoms with van der Waals surface area (Å²) in [5.41, 5.74) is 8.42. The molecule has 0 aliphatic carbocycles. The Balaban J connectivity index is 0.00000338. The van der Waals surface area contributed by atoms with Gasteiger partial charge in [-0.2, -0.15) is 0 Å². The van der Waals surface area contributed by atoms with Crippen molar-refractivity contribution in [1.29, 1.82) is 0 Å². The van der Waals surface area contributed by atoms with Crippen molar-refractivity contribution in [2.45, 2.75) is 13.3 Å². The third-order valence-corrected chi connectivity index (χ3v) is 3.95. The second-order valence-corrected chi connectivity index (χ2v) is 6.29. The van der Waals surface area contributed by atoms with Crippen LogP contribution in [0.3, 0.4) is 0 Å². The number of ether oxygens (including phenoxy) is 1. The van der Waals surface area contributed by atoms with Gasteiger partial charge in [-0.05, 0) is 48.9 Å². The van der Waals surface area contributed by atoms with Crippen LogP contribution in [-0.4, -0.2) is 25.5 Å². The molecule has 1 amide bonds. The molecule has 2 aromatic rings. The Bertz CT molecular complexity index is 766. The molecule has 0 radical (unpaired) electrons.